The van der Waals surface area contributed by atoms with E-state index in [9.17, 15) is 14.4 Å². The third kappa shape index (κ3) is 6.50. The molecule has 2 aromatic carbocycles. The van der Waals surface area contributed by atoms with Gasteiger partial charge < -0.3 is 19.5 Å². The fraction of sp³-hybridized carbons (Fsp3) is 0.286. The van der Waals surface area contributed by atoms with Gasteiger partial charge in [0.05, 0.1) is 24.3 Å². The van der Waals surface area contributed by atoms with Crippen molar-refractivity contribution in [3.63, 3.8) is 0 Å². The SMILES string of the molecule is CCOC(=O)c1cc(OCC(=O)Nc2ccc(Cl)cc2C)cc(C(=O)OCC)c1. The van der Waals surface area contributed by atoms with Gasteiger partial charge in [-0.25, -0.2) is 9.59 Å². The lowest BCUT2D eigenvalue weighted by Crippen LogP contribution is -2.21. The van der Waals surface area contributed by atoms with E-state index in [4.69, 9.17) is 25.8 Å². The van der Waals surface area contributed by atoms with Crippen molar-refractivity contribution in [3.8, 4) is 5.75 Å². The fourth-order valence-electron chi connectivity index (χ4n) is 2.45. The molecule has 0 heterocycles. The summed E-state index contributed by atoms with van der Waals surface area (Å²) in [6.07, 6.45) is 0. The van der Waals surface area contributed by atoms with Crippen molar-refractivity contribution in [2.24, 2.45) is 0 Å². The molecule has 29 heavy (non-hydrogen) atoms. The monoisotopic (exact) mass is 419 g/mol. The Balaban J connectivity index is 2.14. The summed E-state index contributed by atoms with van der Waals surface area (Å²) in [5, 5.41) is 3.29. The summed E-state index contributed by atoms with van der Waals surface area (Å²) >= 11 is 5.91. The van der Waals surface area contributed by atoms with E-state index in [2.05, 4.69) is 5.32 Å². The van der Waals surface area contributed by atoms with Gasteiger partial charge in [0.15, 0.2) is 6.61 Å². The second-order valence-corrected chi connectivity index (χ2v) is 6.42. The molecule has 1 N–H and O–H groups in total. The number of aryl methyl sites for hydroxylation is 1. The fourth-order valence-corrected chi connectivity index (χ4v) is 2.68. The number of rotatable bonds is 8. The highest BCUT2D eigenvalue weighted by Crippen LogP contribution is 2.21. The van der Waals surface area contributed by atoms with E-state index >= 15 is 0 Å². The summed E-state index contributed by atoms with van der Waals surface area (Å²) in [6.45, 7) is 5.21. The minimum atomic E-state index is -0.607. The predicted octanol–water partition coefficient (Wildman–Crippen LogP) is 4.02. The van der Waals surface area contributed by atoms with E-state index in [1.807, 2.05) is 6.92 Å². The zero-order chi connectivity index (χ0) is 21.4. The molecule has 0 saturated heterocycles. The maximum atomic E-state index is 12.2. The van der Waals surface area contributed by atoms with Crippen LogP contribution in [0, 0.1) is 6.92 Å². The Kier molecular flexibility index (Phi) is 8.03. The quantitative estimate of drug-likeness (QED) is 0.650. The summed E-state index contributed by atoms with van der Waals surface area (Å²) in [5.41, 5.74) is 1.66. The van der Waals surface area contributed by atoms with E-state index in [1.54, 1.807) is 32.0 Å². The summed E-state index contributed by atoms with van der Waals surface area (Å²) in [6, 6.07) is 9.25. The largest absolute Gasteiger partial charge is 0.484 e. The van der Waals surface area contributed by atoms with Crippen LogP contribution >= 0.6 is 11.6 Å². The van der Waals surface area contributed by atoms with Crippen molar-refractivity contribution >= 4 is 35.1 Å². The zero-order valence-corrected chi connectivity index (χ0v) is 17.2. The van der Waals surface area contributed by atoms with Gasteiger partial charge in [-0.3, -0.25) is 4.79 Å². The summed E-state index contributed by atoms with van der Waals surface area (Å²) < 4.78 is 15.4. The highest BCUT2D eigenvalue weighted by atomic mass is 35.5. The van der Waals surface area contributed by atoms with E-state index in [-0.39, 0.29) is 36.7 Å². The van der Waals surface area contributed by atoms with Crippen molar-refractivity contribution in [2.75, 3.05) is 25.1 Å². The molecule has 0 aromatic heterocycles. The van der Waals surface area contributed by atoms with Crippen LogP contribution in [-0.2, 0) is 14.3 Å². The Bertz CT molecular complexity index is 876. The van der Waals surface area contributed by atoms with Crippen LogP contribution in [0.1, 0.15) is 40.1 Å². The molecule has 0 aliphatic carbocycles. The molecule has 2 aromatic rings. The summed E-state index contributed by atoms with van der Waals surface area (Å²) in [7, 11) is 0. The first-order valence-corrected chi connectivity index (χ1v) is 9.40. The number of hydrogen-bond donors (Lipinski definition) is 1. The van der Waals surface area contributed by atoms with Gasteiger partial charge >= 0.3 is 11.9 Å². The number of esters is 2. The molecule has 0 radical (unpaired) electrons. The second kappa shape index (κ2) is 10.5. The molecular formula is C21H22ClNO6. The first-order valence-electron chi connectivity index (χ1n) is 9.02. The van der Waals surface area contributed by atoms with Gasteiger partial charge in [0.2, 0.25) is 0 Å². The standard InChI is InChI=1S/C21H22ClNO6/c1-4-27-20(25)14-9-15(21(26)28-5-2)11-17(10-14)29-12-19(24)23-18-7-6-16(22)8-13(18)3/h6-11H,4-5,12H2,1-3H3,(H,23,24). The number of benzene rings is 2. The molecule has 0 spiro atoms. The van der Waals surface area contributed by atoms with Crippen LogP contribution in [0.4, 0.5) is 5.69 Å². The van der Waals surface area contributed by atoms with Gasteiger partial charge in [-0.2, -0.15) is 0 Å². The topological polar surface area (TPSA) is 90.9 Å². The third-order valence-electron chi connectivity index (χ3n) is 3.76. The Morgan fingerprint density at radius 2 is 1.52 bits per heavy atom. The predicted molar refractivity (Wildman–Crippen MR) is 109 cm³/mol. The molecule has 0 atom stereocenters. The van der Waals surface area contributed by atoms with Crippen LogP contribution in [0.2, 0.25) is 5.02 Å². The Labute approximate surface area is 173 Å². The lowest BCUT2D eigenvalue weighted by molar-refractivity contribution is -0.118. The van der Waals surface area contributed by atoms with Crippen LogP contribution < -0.4 is 10.1 Å². The average Bonchev–Trinajstić information content (AvgIpc) is 2.68. The molecule has 0 aliphatic rings. The minimum absolute atomic E-state index is 0.126. The Hall–Kier alpha value is -3.06. The molecule has 7 nitrogen and oxygen atoms in total. The van der Waals surface area contributed by atoms with E-state index in [1.165, 1.54) is 18.2 Å². The number of halogens is 1. The molecule has 0 fully saturated rings. The van der Waals surface area contributed by atoms with Gasteiger partial charge in [-0.15, -0.1) is 0 Å². The number of anilines is 1. The second-order valence-electron chi connectivity index (χ2n) is 5.98. The molecule has 0 aliphatic heterocycles. The number of ether oxygens (including phenoxy) is 3. The van der Waals surface area contributed by atoms with Gasteiger partial charge in [0, 0.05) is 10.7 Å². The van der Waals surface area contributed by atoms with Crippen LogP contribution in [0.15, 0.2) is 36.4 Å². The van der Waals surface area contributed by atoms with Crippen LogP contribution in [0.3, 0.4) is 0 Å². The third-order valence-corrected chi connectivity index (χ3v) is 4.00. The van der Waals surface area contributed by atoms with Gasteiger partial charge in [-0.1, -0.05) is 11.6 Å². The smallest absolute Gasteiger partial charge is 0.338 e. The highest BCUT2D eigenvalue weighted by Gasteiger charge is 2.16. The zero-order valence-electron chi connectivity index (χ0n) is 16.4. The molecular weight excluding hydrogens is 398 g/mol. The van der Waals surface area contributed by atoms with Crippen molar-refractivity contribution in [1.29, 1.82) is 0 Å². The number of hydrogen-bond acceptors (Lipinski definition) is 6. The van der Waals surface area contributed by atoms with Crippen molar-refractivity contribution < 1.29 is 28.6 Å². The first-order chi connectivity index (χ1) is 13.8. The lowest BCUT2D eigenvalue weighted by Gasteiger charge is -2.12. The number of carbonyl (C=O) groups excluding carboxylic acids is 3. The average molecular weight is 420 g/mol. The van der Waals surface area contributed by atoms with Gasteiger partial charge in [0.1, 0.15) is 5.75 Å². The van der Waals surface area contributed by atoms with Gasteiger partial charge in [0.25, 0.3) is 5.91 Å². The molecule has 2 rings (SSSR count). The van der Waals surface area contributed by atoms with E-state index in [0.717, 1.165) is 5.56 Å². The van der Waals surface area contributed by atoms with Crippen LogP contribution in [0.5, 0.6) is 5.75 Å². The molecule has 8 heteroatoms. The number of amides is 1. The first kappa shape index (κ1) is 22.2. The number of nitrogens with one attached hydrogen (secondary N) is 1. The minimum Gasteiger partial charge on any atom is -0.484 e. The molecule has 0 saturated carbocycles. The highest BCUT2D eigenvalue weighted by molar-refractivity contribution is 6.30. The van der Waals surface area contributed by atoms with E-state index < -0.39 is 17.8 Å². The normalized spacial score (nSPS) is 10.2. The van der Waals surface area contributed by atoms with Crippen LogP contribution in [-0.4, -0.2) is 37.7 Å². The Morgan fingerprint density at radius 1 is 0.931 bits per heavy atom. The van der Waals surface area contributed by atoms with Gasteiger partial charge in [-0.05, 0) is 62.7 Å². The summed E-state index contributed by atoms with van der Waals surface area (Å²) in [4.78, 5) is 36.3. The maximum absolute atomic E-state index is 12.2. The lowest BCUT2D eigenvalue weighted by atomic mass is 10.1. The maximum Gasteiger partial charge on any atom is 0.338 e. The Morgan fingerprint density at radius 3 is 2.03 bits per heavy atom. The van der Waals surface area contributed by atoms with Crippen molar-refractivity contribution in [3.05, 3.63) is 58.1 Å². The van der Waals surface area contributed by atoms with Crippen molar-refractivity contribution in [1.82, 2.24) is 0 Å². The molecule has 1 amide bonds. The summed E-state index contributed by atoms with van der Waals surface area (Å²) in [5.74, 6) is -1.45. The number of carbonyl (C=O) groups is 3. The molecule has 0 bridgehead atoms. The molecule has 154 valence electrons. The van der Waals surface area contributed by atoms with E-state index in [0.29, 0.717) is 10.7 Å². The van der Waals surface area contributed by atoms with Crippen LogP contribution in [0.25, 0.3) is 0 Å². The van der Waals surface area contributed by atoms with Crippen molar-refractivity contribution in [2.45, 2.75) is 20.8 Å². The molecule has 0 unspecified atom stereocenters.